The van der Waals surface area contributed by atoms with Crippen molar-refractivity contribution in [3.8, 4) is 5.75 Å². The van der Waals surface area contributed by atoms with Crippen LogP contribution in [0.4, 0.5) is 0 Å². The van der Waals surface area contributed by atoms with Gasteiger partial charge >= 0.3 is 0 Å². The fraction of sp³-hybridized carbons (Fsp3) is 0.231. The molecule has 82 valence electrons. The van der Waals surface area contributed by atoms with Crippen molar-refractivity contribution in [3.63, 3.8) is 0 Å². The lowest BCUT2D eigenvalue weighted by molar-refractivity contribution is 0.471. The second-order valence-electron chi connectivity index (χ2n) is 2.90. The Morgan fingerprint density at radius 1 is 1.20 bits per heavy atom. The van der Waals surface area contributed by atoms with Gasteiger partial charge in [-0.2, -0.15) is 11.8 Å². The zero-order valence-electron chi connectivity index (χ0n) is 9.15. The van der Waals surface area contributed by atoms with Gasteiger partial charge in [-0.1, -0.05) is 30.4 Å². The third-order valence-electron chi connectivity index (χ3n) is 1.59. The fourth-order valence-corrected chi connectivity index (χ4v) is 1.27. The molecule has 0 saturated heterocycles. The molecule has 2 heteroatoms. The first-order valence-corrected chi connectivity index (χ1v) is 5.92. The molecular formula is C13H18OS. The summed E-state index contributed by atoms with van der Waals surface area (Å²) in [5.74, 6) is 2.44. The van der Waals surface area contributed by atoms with Gasteiger partial charge < -0.3 is 5.11 Å². The number of hydrogen-bond donors (Lipinski definition) is 1. The lowest BCUT2D eigenvalue weighted by Crippen LogP contribution is -1.69. The maximum Gasteiger partial charge on any atom is 0.118 e. The summed E-state index contributed by atoms with van der Waals surface area (Å²) in [5.41, 5.74) is 0.924. The summed E-state index contributed by atoms with van der Waals surface area (Å²) >= 11 is 1.82. The van der Waals surface area contributed by atoms with Crippen molar-refractivity contribution in [2.45, 2.75) is 6.92 Å². The van der Waals surface area contributed by atoms with E-state index in [0.29, 0.717) is 5.75 Å². The van der Waals surface area contributed by atoms with E-state index in [4.69, 9.17) is 5.11 Å². The summed E-state index contributed by atoms with van der Waals surface area (Å²) in [4.78, 5) is 0. The summed E-state index contributed by atoms with van der Waals surface area (Å²) < 4.78 is 0. The number of phenols is 1. The number of phenolic OH excluding ortho intramolecular Hbond substituents is 1. The molecule has 1 aromatic rings. The summed E-state index contributed by atoms with van der Waals surface area (Å²) in [6.07, 6.45) is 3.79. The highest BCUT2D eigenvalue weighted by atomic mass is 32.2. The van der Waals surface area contributed by atoms with E-state index in [9.17, 15) is 0 Å². The molecule has 0 aliphatic carbocycles. The number of aromatic hydroxyl groups is 1. The Labute approximate surface area is 96.5 Å². The minimum Gasteiger partial charge on any atom is -0.508 e. The largest absolute Gasteiger partial charge is 0.508 e. The van der Waals surface area contributed by atoms with Gasteiger partial charge in [-0.3, -0.25) is 0 Å². The van der Waals surface area contributed by atoms with Crippen LogP contribution in [0.25, 0.3) is 0 Å². The van der Waals surface area contributed by atoms with Gasteiger partial charge in [0.05, 0.1) is 0 Å². The molecule has 0 atom stereocenters. The topological polar surface area (TPSA) is 20.2 Å². The van der Waals surface area contributed by atoms with Crippen LogP contribution in [0.2, 0.25) is 0 Å². The second-order valence-corrected chi connectivity index (χ2v) is 3.98. The lowest BCUT2D eigenvalue weighted by atomic mass is 10.2. The quantitative estimate of drug-likeness (QED) is 0.618. The van der Waals surface area contributed by atoms with Crippen molar-refractivity contribution >= 4 is 11.8 Å². The Morgan fingerprint density at radius 2 is 1.73 bits per heavy atom. The molecule has 0 heterocycles. The molecular weight excluding hydrogens is 204 g/mol. The van der Waals surface area contributed by atoms with Crippen LogP contribution in [-0.2, 0) is 0 Å². The van der Waals surface area contributed by atoms with E-state index in [0.717, 1.165) is 17.1 Å². The fourth-order valence-electron chi connectivity index (χ4n) is 0.798. The van der Waals surface area contributed by atoms with Crippen molar-refractivity contribution in [2.75, 3.05) is 11.5 Å². The number of benzene rings is 1. The first kappa shape index (κ1) is 13.8. The maximum atomic E-state index is 8.92. The predicted octanol–water partition coefficient (Wildman–Crippen LogP) is 3.79. The average Bonchev–Trinajstić information content (AvgIpc) is 2.24. The smallest absolute Gasteiger partial charge is 0.118 e. The number of rotatable bonds is 4. The molecule has 0 saturated carbocycles. The molecule has 0 bridgehead atoms. The van der Waals surface area contributed by atoms with Gasteiger partial charge in [0.25, 0.3) is 0 Å². The monoisotopic (exact) mass is 222 g/mol. The highest BCUT2D eigenvalue weighted by Crippen LogP contribution is 2.12. The standard InChI is InChI=1S/C7H8O.C6H10S/c1-6-4-2-3-5-7(6)8;1-3-5-7-6-4-2/h2-5,8H,1H3;3-4H,1-2,5-6H2. The first-order valence-electron chi connectivity index (χ1n) is 4.76. The number of aryl methyl sites for hydroxylation is 1. The maximum absolute atomic E-state index is 8.92. The van der Waals surface area contributed by atoms with E-state index >= 15 is 0 Å². The van der Waals surface area contributed by atoms with Gasteiger partial charge in [-0.05, 0) is 18.6 Å². The van der Waals surface area contributed by atoms with E-state index in [-0.39, 0.29) is 0 Å². The van der Waals surface area contributed by atoms with E-state index < -0.39 is 0 Å². The zero-order chi connectivity index (χ0) is 11.5. The molecule has 1 N–H and O–H groups in total. The Morgan fingerprint density at radius 3 is 2.07 bits per heavy atom. The lowest BCUT2D eigenvalue weighted by Gasteiger charge is -1.92. The molecule has 0 unspecified atom stereocenters. The van der Waals surface area contributed by atoms with E-state index in [1.54, 1.807) is 6.07 Å². The van der Waals surface area contributed by atoms with Crippen LogP contribution >= 0.6 is 11.8 Å². The van der Waals surface area contributed by atoms with Gasteiger partial charge in [-0.25, -0.2) is 0 Å². The minimum absolute atomic E-state index is 0.368. The molecule has 0 aliphatic rings. The van der Waals surface area contributed by atoms with Crippen molar-refractivity contribution in [2.24, 2.45) is 0 Å². The molecule has 1 rings (SSSR count). The Bertz CT molecular complexity index is 265. The highest BCUT2D eigenvalue weighted by molar-refractivity contribution is 7.99. The van der Waals surface area contributed by atoms with Gasteiger partial charge in [0.1, 0.15) is 5.75 Å². The van der Waals surface area contributed by atoms with Crippen LogP contribution in [0.3, 0.4) is 0 Å². The SMILES string of the molecule is C=CCSCC=C.Cc1ccccc1O. The molecule has 0 spiro atoms. The van der Waals surface area contributed by atoms with Crippen molar-refractivity contribution < 1.29 is 5.11 Å². The van der Waals surface area contributed by atoms with Gasteiger partial charge in [0.2, 0.25) is 0 Å². The molecule has 0 aliphatic heterocycles. The number of thioether (sulfide) groups is 1. The third-order valence-corrected chi connectivity index (χ3v) is 2.53. The molecule has 1 nitrogen and oxygen atoms in total. The van der Waals surface area contributed by atoms with Gasteiger partial charge in [-0.15, -0.1) is 13.2 Å². The molecule has 0 amide bonds. The van der Waals surface area contributed by atoms with Crippen LogP contribution in [0.5, 0.6) is 5.75 Å². The first-order chi connectivity index (χ1) is 7.22. The van der Waals surface area contributed by atoms with Crippen LogP contribution < -0.4 is 0 Å². The van der Waals surface area contributed by atoms with Gasteiger partial charge in [0.15, 0.2) is 0 Å². The summed E-state index contributed by atoms with van der Waals surface area (Å²) in [5, 5.41) is 8.92. The zero-order valence-corrected chi connectivity index (χ0v) is 9.96. The molecule has 0 fully saturated rings. The Hall–Kier alpha value is -1.15. The Balaban J connectivity index is 0.000000265. The third kappa shape index (κ3) is 7.89. The van der Waals surface area contributed by atoms with Crippen molar-refractivity contribution in [1.82, 2.24) is 0 Å². The van der Waals surface area contributed by atoms with Crippen molar-refractivity contribution in [1.29, 1.82) is 0 Å². The summed E-state index contributed by atoms with van der Waals surface area (Å²) in [7, 11) is 0. The number of hydrogen-bond acceptors (Lipinski definition) is 2. The molecule has 0 aromatic heterocycles. The van der Waals surface area contributed by atoms with Crippen LogP contribution in [-0.4, -0.2) is 16.6 Å². The summed E-state index contributed by atoms with van der Waals surface area (Å²) in [6, 6.07) is 7.25. The van der Waals surface area contributed by atoms with Crippen molar-refractivity contribution in [3.05, 3.63) is 55.1 Å². The van der Waals surface area contributed by atoms with E-state index in [2.05, 4.69) is 13.2 Å². The predicted molar refractivity (Wildman–Crippen MR) is 70.6 cm³/mol. The van der Waals surface area contributed by atoms with E-state index in [1.165, 1.54) is 0 Å². The molecule has 15 heavy (non-hydrogen) atoms. The van der Waals surface area contributed by atoms with Gasteiger partial charge in [0, 0.05) is 11.5 Å². The molecule has 1 aromatic carbocycles. The van der Waals surface area contributed by atoms with Crippen LogP contribution in [0.15, 0.2) is 49.6 Å². The normalized spacial score (nSPS) is 8.60. The van der Waals surface area contributed by atoms with Crippen LogP contribution in [0, 0.1) is 6.92 Å². The average molecular weight is 222 g/mol. The summed E-state index contributed by atoms with van der Waals surface area (Å²) in [6.45, 7) is 9.03. The van der Waals surface area contributed by atoms with Crippen LogP contribution in [0.1, 0.15) is 5.56 Å². The number of para-hydroxylation sites is 1. The minimum atomic E-state index is 0.368. The highest BCUT2D eigenvalue weighted by Gasteiger charge is 1.87. The molecule has 0 radical (unpaired) electrons. The second kappa shape index (κ2) is 9.41. The van der Waals surface area contributed by atoms with E-state index in [1.807, 2.05) is 49.0 Å². The Kier molecular flexibility index (Phi) is 8.69.